The molecule has 5 nitrogen and oxygen atoms in total. The third-order valence-corrected chi connectivity index (χ3v) is 2.01. The van der Waals surface area contributed by atoms with Gasteiger partial charge in [0.05, 0.1) is 11.0 Å². The van der Waals surface area contributed by atoms with E-state index in [0.29, 0.717) is 11.3 Å². The number of hydrogen-bond acceptors (Lipinski definition) is 4. The van der Waals surface area contributed by atoms with Crippen molar-refractivity contribution in [2.24, 2.45) is 0 Å². The van der Waals surface area contributed by atoms with E-state index in [2.05, 4.69) is 6.58 Å². The van der Waals surface area contributed by atoms with E-state index < -0.39 is 11.0 Å². The number of aliphatic hydroxyl groups is 1. The van der Waals surface area contributed by atoms with Crippen molar-refractivity contribution < 1.29 is 14.8 Å². The molecule has 1 N–H and O–H groups in total. The zero-order chi connectivity index (χ0) is 12.1. The fraction of sp³-hybridized carbons (Fsp3) is 0.273. The molecule has 1 rings (SSSR count). The van der Waals surface area contributed by atoms with Crippen LogP contribution in [0.15, 0.2) is 30.9 Å². The lowest BCUT2D eigenvalue weighted by atomic mass is 10.1. The molecule has 0 aliphatic rings. The van der Waals surface area contributed by atoms with Crippen molar-refractivity contribution in [1.29, 1.82) is 0 Å². The summed E-state index contributed by atoms with van der Waals surface area (Å²) in [4.78, 5) is 10.1. The van der Waals surface area contributed by atoms with Crippen LogP contribution in [0.25, 0.3) is 0 Å². The monoisotopic (exact) mass is 223 g/mol. The lowest BCUT2D eigenvalue weighted by molar-refractivity contribution is -0.385. The molecule has 0 saturated carbocycles. The van der Waals surface area contributed by atoms with Gasteiger partial charge in [-0.1, -0.05) is 12.7 Å². The highest BCUT2D eigenvalue weighted by Crippen LogP contribution is 2.29. The van der Waals surface area contributed by atoms with E-state index in [1.165, 1.54) is 25.1 Å². The van der Waals surface area contributed by atoms with Crippen molar-refractivity contribution in [3.05, 3.63) is 46.5 Å². The predicted molar refractivity (Wildman–Crippen MR) is 59.4 cm³/mol. The largest absolute Gasteiger partial charge is 0.489 e. The number of non-ortho nitro benzene ring substituents is 1. The average Bonchev–Trinajstić information content (AvgIpc) is 2.25. The topological polar surface area (TPSA) is 72.6 Å². The fourth-order valence-corrected chi connectivity index (χ4v) is 1.26. The third-order valence-electron chi connectivity index (χ3n) is 2.01. The number of benzene rings is 1. The van der Waals surface area contributed by atoms with E-state index in [0.717, 1.165) is 0 Å². The zero-order valence-corrected chi connectivity index (χ0v) is 8.92. The van der Waals surface area contributed by atoms with Gasteiger partial charge in [-0.15, -0.1) is 0 Å². The van der Waals surface area contributed by atoms with Gasteiger partial charge in [0.2, 0.25) is 0 Å². The standard InChI is InChI=1S/C11H13NO4/c1-3-6-16-11-5-4-9(12(14)15)7-10(11)8(2)13/h3-5,7-8,13H,1,6H2,2H3/t8-/m0/s1. The Hall–Kier alpha value is -1.88. The first-order valence-electron chi connectivity index (χ1n) is 4.76. The summed E-state index contributed by atoms with van der Waals surface area (Å²) in [5.41, 5.74) is 0.331. The van der Waals surface area contributed by atoms with Crippen molar-refractivity contribution >= 4 is 5.69 Å². The molecule has 1 aromatic rings. The molecule has 0 fully saturated rings. The van der Waals surface area contributed by atoms with Crippen LogP contribution in [0.1, 0.15) is 18.6 Å². The Morgan fingerprint density at radius 3 is 2.88 bits per heavy atom. The molecular formula is C11H13NO4. The van der Waals surface area contributed by atoms with Crippen LogP contribution in [0.5, 0.6) is 5.75 Å². The summed E-state index contributed by atoms with van der Waals surface area (Å²) in [5.74, 6) is 0.431. The van der Waals surface area contributed by atoms with Crippen LogP contribution in [0.4, 0.5) is 5.69 Å². The highest BCUT2D eigenvalue weighted by Gasteiger charge is 2.14. The number of rotatable bonds is 5. The molecule has 0 unspecified atom stereocenters. The van der Waals surface area contributed by atoms with Crippen molar-refractivity contribution in [3.63, 3.8) is 0 Å². The van der Waals surface area contributed by atoms with Gasteiger partial charge < -0.3 is 9.84 Å². The summed E-state index contributed by atoms with van der Waals surface area (Å²) in [6, 6.07) is 4.12. The summed E-state index contributed by atoms with van der Waals surface area (Å²) in [7, 11) is 0. The molecule has 16 heavy (non-hydrogen) atoms. The van der Waals surface area contributed by atoms with E-state index in [-0.39, 0.29) is 12.3 Å². The Morgan fingerprint density at radius 2 is 2.38 bits per heavy atom. The van der Waals surface area contributed by atoms with Gasteiger partial charge in [0.1, 0.15) is 12.4 Å². The van der Waals surface area contributed by atoms with Crippen LogP contribution >= 0.6 is 0 Å². The van der Waals surface area contributed by atoms with Crippen molar-refractivity contribution in [1.82, 2.24) is 0 Å². The van der Waals surface area contributed by atoms with Gasteiger partial charge in [-0.3, -0.25) is 10.1 Å². The number of hydrogen-bond donors (Lipinski definition) is 1. The molecule has 1 atom stereocenters. The lowest BCUT2D eigenvalue weighted by Gasteiger charge is -2.11. The smallest absolute Gasteiger partial charge is 0.270 e. The highest BCUT2D eigenvalue weighted by atomic mass is 16.6. The number of nitrogens with zero attached hydrogens (tertiary/aromatic N) is 1. The molecule has 1 aromatic carbocycles. The first kappa shape index (κ1) is 12.2. The Bertz CT molecular complexity index is 401. The summed E-state index contributed by atoms with van der Waals surface area (Å²) in [6.45, 7) is 5.32. The Balaban J connectivity index is 3.08. The third kappa shape index (κ3) is 2.80. The molecule has 0 aliphatic carbocycles. The quantitative estimate of drug-likeness (QED) is 0.472. The number of aliphatic hydroxyl groups excluding tert-OH is 1. The first-order chi connectivity index (χ1) is 7.56. The molecule has 0 spiro atoms. The SMILES string of the molecule is C=CCOc1ccc([N+](=O)[O-])cc1[C@H](C)O. The van der Waals surface area contributed by atoms with Crippen LogP contribution in [-0.2, 0) is 0 Å². The second-order valence-corrected chi connectivity index (χ2v) is 3.25. The number of nitro groups is 1. The van der Waals surface area contributed by atoms with Gasteiger partial charge in [-0.05, 0) is 13.0 Å². The van der Waals surface area contributed by atoms with Crippen LogP contribution in [-0.4, -0.2) is 16.6 Å². The number of ether oxygens (including phenoxy) is 1. The first-order valence-corrected chi connectivity index (χ1v) is 4.76. The van der Waals surface area contributed by atoms with Gasteiger partial charge in [-0.2, -0.15) is 0 Å². The van der Waals surface area contributed by atoms with Crippen LogP contribution in [0.2, 0.25) is 0 Å². The maximum atomic E-state index is 10.6. The van der Waals surface area contributed by atoms with Crippen LogP contribution in [0.3, 0.4) is 0 Å². The minimum atomic E-state index is -0.820. The maximum Gasteiger partial charge on any atom is 0.270 e. The van der Waals surface area contributed by atoms with Gasteiger partial charge >= 0.3 is 0 Å². The van der Waals surface area contributed by atoms with Gasteiger partial charge in [-0.25, -0.2) is 0 Å². The van der Waals surface area contributed by atoms with Crippen LogP contribution in [0, 0.1) is 10.1 Å². The summed E-state index contributed by atoms with van der Waals surface area (Å²) >= 11 is 0. The minimum Gasteiger partial charge on any atom is -0.489 e. The lowest BCUT2D eigenvalue weighted by Crippen LogP contribution is -2.01. The van der Waals surface area contributed by atoms with E-state index in [1.54, 1.807) is 6.08 Å². The van der Waals surface area contributed by atoms with E-state index in [4.69, 9.17) is 4.74 Å². The Morgan fingerprint density at radius 1 is 1.69 bits per heavy atom. The Kier molecular flexibility index (Phi) is 4.02. The van der Waals surface area contributed by atoms with Gasteiger partial charge in [0.25, 0.3) is 5.69 Å². The van der Waals surface area contributed by atoms with Gasteiger partial charge in [0, 0.05) is 17.7 Å². The molecular weight excluding hydrogens is 210 g/mol. The minimum absolute atomic E-state index is 0.0677. The normalized spacial score (nSPS) is 11.9. The molecule has 0 bridgehead atoms. The molecule has 0 heterocycles. The van der Waals surface area contributed by atoms with E-state index in [1.807, 2.05) is 0 Å². The van der Waals surface area contributed by atoms with Crippen molar-refractivity contribution in [2.75, 3.05) is 6.61 Å². The average molecular weight is 223 g/mol. The second-order valence-electron chi connectivity index (χ2n) is 3.25. The Labute approximate surface area is 93.1 Å². The molecule has 0 amide bonds. The number of nitro benzene ring substituents is 1. The molecule has 0 radical (unpaired) electrons. The predicted octanol–water partition coefficient (Wildman–Crippen LogP) is 2.21. The molecule has 0 aromatic heterocycles. The maximum absolute atomic E-state index is 10.6. The highest BCUT2D eigenvalue weighted by molar-refractivity contribution is 5.44. The van der Waals surface area contributed by atoms with Gasteiger partial charge in [0.15, 0.2) is 0 Å². The fourth-order valence-electron chi connectivity index (χ4n) is 1.26. The summed E-state index contributed by atoms with van der Waals surface area (Å²) in [6.07, 6.45) is 0.743. The summed E-state index contributed by atoms with van der Waals surface area (Å²) < 4.78 is 5.28. The molecule has 0 saturated heterocycles. The summed E-state index contributed by atoms with van der Waals surface area (Å²) in [5, 5.41) is 20.0. The van der Waals surface area contributed by atoms with Crippen molar-refractivity contribution in [2.45, 2.75) is 13.0 Å². The van der Waals surface area contributed by atoms with E-state index in [9.17, 15) is 15.2 Å². The molecule has 86 valence electrons. The molecule has 5 heteroatoms. The van der Waals surface area contributed by atoms with Crippen LogP contribution < -0.4 is 4.74 Å². The van der Waals surface area contributed by atoms with E-state index >= 15 is 0 Å². The molecule has 0 aliphatic heterocycles. The van der Waals surface area contributed by atoms with Crippen molar-refractivity contribution in [3.8, 4) is 5.75 Å². The second kappa shape index (κ2) is 5.27. The zero-order valence-electron chi connectivity index (χ0n) is 8.92.